The van der Waals surface area contributed by atoms with E-state index in [9.17, 15) is 5.48 Å². The first kappa shape index (κ1) is 28.3. The Balaban J connectivity index is 1.16. The minimum absolute atomic E-state index is 0.0982. The van der Waals surface area contributed by atoms with Gasteiger partial charge in [0, 0.05) is 17.1 Å². The number of hydrogen-bond acceptors (Lipinski definition) is 1. The third-order valence-electron chi connectivity index (χ3n) is 10.5. The Morgan fingerprint density at radius 2 is 0.800 bits per heavy atom. The highest BCUT2D eigenvalue weighted by Crippen LogP contribution is 2.46. The molecule has 0 atom stereocenters. The van der Waals surface area contributed by atoms with Gasteiger partial charge in [0.1, 0.15) is 0 Å². The van der Waals surface area contributed by atoms with Crippen molar-refractivity contribution >= 4 is 49.4 Å². The predicted molar refractivity (Wildman–Crippen MR) is 235 cm³/mol. The van der Waals surface area contributed by atoms with Gasteiger partial charge in [-0.3, -0.25) is 0 Å². The van der Waals surface area contributed by atoms with Gasteiger partial charge in [-0.15, -0.1) is 0 Å². The summed E-state index contributed by atoms with van der Waals surface area (Å²) in [5, 5.41) is 6.59. The average Bonchev–Trinajstić information content (AvgIpc) is 3.30. The number of hydrogen-bond donors (Lipinski definition) is 0. The van der Waals surface area contributed by atoms with Crippen molar-refractivity contribution < 1.29 is 5.48 Å². The van der Waals surface area contributed by atoms with Crippen LogP contribution >= 0.6 is 0 Å². The van der Waals surface area contributed by atoms with Gasteiger partial charge in [0.25, 0.3) is 0 Å². The van der Waals surface area contributed by atoms with Gasteiger partial charge in [0.2, 0.25) is 0 Å². The maximum Gasteiger partial charge on any atom is 0.0645 e. The lowest BCUT2D eigenvalue weighted by Crippen LogP contribution is -2.09. The van der Waals surface area contributed by atoms with E-state index in [0.717, 1.165) is 77.1 Å². The zero-order chi connectivity index (χ0) is 40.0. The van der Waals surface area contributed by atoms with E-state index in [1.165, 1.54) is 0 Å². The summed E-state index contributed by atoms with van der Waals surface area (Å²) in [5.74, 6) is 0. The smallest absolute Gasteiger partial charge is 0.0645 e. The lowest BCUT2D eigenvalue weighted by atomic mass is 9.84. The maximum atomic E-state index is 9.58. The van der Waals surface area contributed by atoms with Crippen LogP contribution in [0.1, 0.15) is 5.48 Å². The fraction of sp³-hybridized carbons (Fsp3) is 0. The van der Waals surface area contributed by atoms with Gasteiger partial charge in [-0.25, -0.2) is 0 Å². The van der Waals surface area contributed by atoms with Gasteiger partial charge in [-0.2, -0.15) is 0 Å². The molecule has 0 fully saturated rings. The number of anilines is 3. The SMILES string of the molecule is [2H]c1c([2H])c(N(c2ccccc2)c2ccc(-c3cccc4ccccc34)cc2)c([2H])c([2H])c1-c1ccc2c(c1)c(-c1ccccc1)c(-c1ccccc1)c1ccccc12. The van der Waals surface area contributed by atoms with E-state index >= 15 is 0 Å². The molecule has 0 spiro atoms. The van der Waals surface area contributed by atoms with E-state index < -0.39 is 0 Å². The van der Waals surface area contributed by atoms with Crippen molar-refractivity contribution in [2.75, 3.05) is 4.90 Å². The van der Waals surface area contributed by atoms with Gasteiger partial charge < -0.3 is 4.90 Å². The van der Waals surface area contributed by atoms with Gasteiger partial charge in [0.05, 0.1) is 5.48 Å². The third-order valence-corrected chi connectivity index (χ3v) is 10.5. The topological polar surface area (TPSA) is 3.24 Å². The van der Waals surface area contributed by atoms with Crippen molar-refractivity contribution in [3.05, 3.63) is 224 Å². The third kappa shape index (κ3) is 5.93. The lowest BCUT2D eigenvalue weighted by Gasteiger charge is -2.26. The molecule has 10 rings (SSSR count). The Kier molecular flexibility index (Phi) is 7.19. The zero-order valence-electron chi connectivity index (χ0n) is 34.0. The molecular formula is C54H37N. The Morgan fingerprint density at radius 3 is 1.49 bits per heavy atom. The van der Waals surface area contributed by atoms with Gasteiger partial charge >= 0.3 is 0 Å². The molecule has 10 aromatic rings. The molecular weight excluding hydrogens is 663 g/mol. The van der Waals surface area contributed by atoms with Crippen molar-refractivity contribution in [2.45, 2.75) is 0 Å². The second kappa shape index (κ2) is 14.0. The second-order valence-corrected chi connectivity index (χ2v) is 13.8. The van der Waals surface area contributed by atoms with Crippen LogP contribution in [-0.4, -0.2) is 0 Å². The molecule has 0 aliphatic carbocycles. The quantitative estimate of drug-likeness (QED) is 0.149. The predicted octanol–water partition coefficient (Wildman–Crippen LogP) is 15.3. The Bertz CT molecular complexity index is 3150. The molecule has 0 radical (unpaired) electrons. The summed E-state index contributed by atoms with van der Waals surface area (Å²) in [6, 6.07) is 67.3. The first-order valence-electron chi connectivity index (χ1n) is 20.6. The number of benzene rings is 10. The molecule has 0 aliphatic heterocycles. The van der Waals surface area contributed by atoms with Crippen molar-refractivity contribution in [2.24, 2.45) is 0 Å². The zero-order valence-corrected chi connectivity index (χ0v) is 30.0. The number of nitrogens with zero attached hydrogens (tertiary/aromatic N) is 1. The lowest BCUT2D eigenvalue weighted by molar-refractivity contribution is 1.28. The summed E-state index contributed by atoms with van der Waals surface area (Å²) in [4.78, 5) is 1.84. The van der Waals surface area contributed by atoms with Crippen LogP contribution < -0.4 is 4.90 Å². The van der Waals surface area contributed by atoms with E-state index in [-0.39, 0.29) is 35.4 Å². The maximum absolute atomic E-state index is 9.58. The van der Waals surface area contributed by atoms with Crippen LogP contribution in [0.5, 0.6) is 0 Å². The summed E-state index contributed by atoms with van der Waals surface area (Å²) in [6.07, 6.45) is 0. The average molecular weight is 704 g/mol. The highest BCUT2D eigenvalue weighted by atomic mass is 15.1. The molecule has 1 nitrogen and oxygen atoms in total. The largest absolute Gasteiger partial charge is 0.311 e. The van der Waals surface area contributed by atoms with E-state index in [1.54, 1.807) is 0 Å². The van der Waals surface area contributed by atoms with Gasteiger partial charge in [0.15, 0.2) is 0 Å². The van der Waals surface area contributed by atoms with Crippen molar-refractivity contribution in [1.82, 2.24) is 0 Å². The fourth-order valence-electron chi connectivity index (χ4n) is 7.97. The van der Waals surface area contributed by atoms with Crippen LogP contribution in [0.15, 0.2) is 224 Å². The summed E-state index contributed by atoms with van der Waals surface area (Å²) >= 11 is 0. The molecule has 0 saturated carbocycles. The Hall–Kier alpha value is -7.22. The van der Waals surface area contributed by atoms with E-state index in [1.807, 2.05) is 89.8 Å². The van der Waals surface area contributed by atoms with Crippen molar-refractivity contribution in [1.29, 1.82) is 0 Å². The van der Waals surface area contributed by atoms with Crippen LogP contribution in [0.2, 0.25) is 0 Å². The number of fused-ring (bicyclic) bond motifs is 4. The Morgan fingerprint density at radius 1 is 0.291 bits per heavy atom. The van der Waals surface area contributed by atoms with Crippen LogP contribution in [0.3, 0.4) is 0 Å². The summed E-state index contributed by atoms with van der Waals surface area (Å²) < 4.78 is 38.3. The summed E-state index contributed by atoms with van der Waals surface area (Å²) in [6.45, 7) is 0. The minimum Gasteiger partial charge on any atom is -0.311 e. The molecule has 55 heavy (non-hydrogen) atoms. The van der Waals surface area contributed by atoms with Crippen LogP contribution in [0.4, 0.5) is 17.1 Å². The molecule has 0 amide bonds. The van der Waals surface area contributed by atoms with Crippen molar-refractivity contribution in [3.63, 3.8) is 0 Å². The summed E-state index contributed by atoms with van der Waals surface area (Å²) in [7, 11) is 0. The van der Waals surface area contributed by atoms with Gasteiger partial charge in [-0.1, -0.05) is 182 Å². The highest BCUT2D eigenvalue weighted by Gasteiger charge is 2.19. The first-order valence-corrected chi connectivity index (χ1v) is 18.6. The molecule has 0 N–H and O–H groups in total. The van der Waals surface area contributed by atoms with Crippen LogP contribution in [0, 0.1) is 0 Å². The molecule has 10 aromatic carbocycles. The molecule has 0 unspecified atom stereocenters. The summed E-state index contributed by atoms with van der Waals surface area (Å²) in [5.41, 5.74) is 9.01. The van der Waals surface area contributed by atoms with Crippen LogP contribution in [0.25, 0.3) is 76.8 Å². The molecule has 0 heterocycles. The van der Waals surface area contributed by atoms with E-state index in [4.69, 9.17) is 0 Å². The molecule has 1 heteroatoms. The molecule has 0 saturated heterocycles. The normalized spacial score (nSPS) is 12.3. The fourth-order valence-corrected chi connectivity index (χ4v) is 7.97. The van der Waals surface area contributed by atoms with Crippen molar-refractivity contribution in [3.8, 4) is 44.5 Å². The van der Waals surface area contributed by atoms with E-state index in [0.29, 0.717) is 5.56 Å². The van der Waals surface area contributed by atoms with Gasteiger partial charge in [-0.05, 0) is 119 Å². The standard InChI is InChI=1S/C54H37N/c1-4-16-41(17-5-1)53-51-25-13-12-24-49(51)50-36-31-43(37-52(50)54(53)42-18-6-2-7-19-42)38-27-32-45(33-28-38)55(44-21-8-3-9-22-44)46-34-29-40(30-35-46)48-26-14-20-39-15-10-11-23-47(39)48/h1-37H/i27D,28D,32D,33D. The van der Waals surface area contributed by atoms with E-state index in [2.05, 4.69) is 115 Å². The van der Waals surface area contributed by atoms with Crippen LogP contribution in [-0.2, 0) is 0 Å². The minimum atomic E-state index is -0.116. The highest BCUT2D eigenvalue weighted by molar-refractivity contribution is 6.22. The molecule has 0 aromatic heterocycles. The molecule has 0 aliphatic rings. The molecule has 0 bridgehead atoms. The number of rotatable bonds is 7. The number of para-hydroxylation sites is 1. The monoisotopic (exact) mass is 703 g/mol. The molecule has 258 valence electrons. The second-order valence-electron chi connectivity index (χ2n) is 13.8. The first-order chi connectivity index (χ1) is 29.0. The Labute approximate surface area is 327 Å².